The second-order valence-electron chi connectivity index (χ2n) is 4.22. The summed E-state index contributed by atoms with van der Waals surface area (Å²) in [5.74, 6) is 0. The van der Waals surface area contributed by atoms with Crippen molar-refractivity contribution in [2.45, 2.75) is 24.3 Å². The first-order chi connectivity index (χ1) is 7.99. The van der Waals surface area contributed by atoms with Gasteiger partial charge in [0.05, 0.1) is 4.90 Å². The van der Waals surface area contributed by atoms with Gasteiger partial charge in [0.1, 0.15) is 0 Å². The lowest BCUT2D eigenvalue weighted by Gasteiger charge is -2.13. The molecule has 4 nitrogen and oxygen atoms in total. The van der Waals surface area contributed by atoms with Crippen molar-refractivity contribution in [3.05, 3.63) is 28.2 Å². The molecule has 1 aromatic rings. The van der Waals surface area contributed by atoms with Crippen molar-refractivity contribution in [1.29, 1.82) is 0 Å². The van der Waals surface area contributed by atoms with Gasteiger partial charge in [-0.3, -0.25) is 0 Å². The van der Waals surface area contributed by atoms with Gasteiger partial charge in [0, 0.05) is 17.1 Å². The Morgan fingerprint density at radius 1 is 1.44 bits per heavy atom. The molecule has 1 heterocycles. The Bertz CT molecular complexity index is 516. The van der Waals surface area contributed by atoms with Crippen molar-refractivity contribution in [2.24, 2.45) is 0 Å². The van der Waals surface area contributed by atoms with E-state index in [1.54, 1.807) is 19.1 Å². The highest BCUT2D eigenvalue weighted by Gasteiger charge is 2.23. The third-order valence-corrected chi connectivity index (χ3v) is 4.98. The summed E-state index contributed by atoms with van der Waals surface area (Å²) >= 11 is 3.30. The fraction of sp³-hybridized carbons (Fsp3) is 0.455. The molecule has 1 saturated heterocycles. The van der Waals surface area contributed by atoms with Gasteiger partial charge in [-0.05, 0) is 37.6 Å². The van der Waals surface area contributed by atoms with Crippen LogP contribution in [0.1, 0.15) is 12.0 Å². The van der Waals surface area contributed by atoms with Crippen LogP contribution in [0.2, 0.25) is 0 Å². The van der Waals surface area contributed by atoms with Crippen molar-refractivity contribution in [2.75, 3.05) is 13.1 Å². The minimum Gasteiger partial charge on any atom is -0.315 e. The molecule has 0 saturated carbocycles. The largest absolute Gasteiger partial charge is 0.315 e. The Morgan fingerprint density at radius 3 is 2.78 bits per heavy atom. The molecule has 1 fully saturated rings. The molecule has 1 unspecified atom stereocenters. The molecule has 0 aliphatic carbocycles. The van der Waals surface area contributed by atoms with E-state index in [9.17, 15) is 8.42 Å². The Morgan fingerprint density at radius 2 is 2.17 bits per heavy atom. The van der Waals surface area contributed by atoms with E-state index < -0.39 is 10.0 Å². The van der Waals surface area contributed by atoms with Gasteiger partial charge >= 0.3 is 0 Å². The summed E-state index contributed by atoms with van der Waals surface area (Å²) in [5, 5.41) is 3.14. The normalized spacial score (nSPS) is 19.6. The lowest BCUT2D eigenvalue weighted by Crippen LogP contribution is -2.36. The smallest absolute Gasteiger partial charge is 0.241 e. The molecule has 1 aromatic carbocycles. The molecule has 0 radical (unpaired) electrons. The second kappa shape index (κ2) is 6.34. The minimum absolute atomic E-state index is 0. The highest BCUT2D eigenvalue weighted by molar-refractivity contribution is 9.10. The molecule has 102 valence electrons. The molecule has 0 aromatic heterocycles. The first-order valence-corrected chi connectivity index (χ1v) is 7.76. The van der Waals surface area contributed by atoms with E-state index in [-0.39, 0.29) is 18.4 Å². The van der Waals surface area contributed by atoms with Gasteiger partial charge in [0.15, 0.2) is 0 Å². The quantitative estimate of drug-likeness (QED) is 0.869. The van der Waals surface area contributed by atoms with Crippen molar-refractivity contribution in [1.82, 2.24) is 10.0 Å². The summed E-state index contributed by atoms with van der Waals surface area (Å²) in [7, 11) is -3.42. The van der Waals surface area contributed by atoms with Gasteiger partial charge in [-0.2, -0.15) is 0 Å². The Kier molecular flexibility index (Phi) is 5.61. The number of rotatable bonds is 3. The summed E-state index contributed by atoms with van der Waals surface area (Å²) in [4.78, 5) is 0.346. The number of aryl methyl sites for hydroxylation is 1. The van der Waals surface area contributed by atoms with Crippen LogP contribution < -0.4 is 10.0 Å². The number of hydrogen-bond acceptors (Lipinski definition) is 3. The standard InChI is InChI=1S/C11H15BrN2O2S.ClH/c1-8-2-3-9(12)6-11(8)17(15,16)14-10-4-5-13-7-10;/h2-3,6,10,13-14H,4-5,7H2,1H3;1H. The predicted octanol–water partition coefficient (Wildman–Crippen LogP) is 1.82. The molecular weight excluding hydrogens is 340 g/mol. The lowest BCUT2D eigenvalue weighted by molar-refractivity contribution is 0.559. The molecule has 0 spiro atoms. The molecule has 1 atom stereocenters. The third kappa shape index (κ3) is 3.68. The maximum atomic E-state index is 12.2. The molecule has 1 aliphatic rings. The number of nitrogens with one attached hydrogen (secondary N) is 2. The highest BCUT2D eigenvalue weighted by Crippen LogP contribution is 2.21. The van der Waals surface area contributed by atoms with Crippen LogP contribution in [0, 0.1) is 6.92 Å². The summed E-state index contributed by atoms with van der Waals surface area (Å²) in [5.41, 5.74) is 0.756. The molecule has 7 heteroatoms. The van der Waals surface area contributed by atoms with Crippen molar-refractivity contribution >= 4 is 38.4 Å². The highest BCUT2D eigenvalue weighted by atomic mass is 79.9. The van der Waals surface area contributed by atoms with Gasteiger partial charge < -0.3 is 5.32 Å². The molecule has 18 heavy (non-hydrogen) atoms. The van der Waals surface area contributed by atoms with Crippen LogP contribution in [0.25, 0.3) is 0 Å². The average Bonchev–Trinajstić information content (AvgIpc) is 2.73. The first kappa shape index (κ1) is 15.9. The molecule has 2 rings (SSSR count). The maximum absolute atomic E-state index is 12.2. The summed E-state index contributed by atoms with van der Waals surface area (Å²) in [6.07, 6.45) is 0.840. The zero-order valence-electron chi connectivity index (χ0n) is 9.94. The lowest BCUT2D eigenvalue weighted by atomic mass is 10.2. The third-order valence-electron chi connectivity index (χ3n) is 2.82. The number of hydrogen-bond donors (Lipinski definition) is 2. The Labute approximate surface area is 122 Å². The van der Waals surface area contributed by atoms with Crippen LogP contribution in [-0.4, -0.2) is 27.5 Å². The fourth-order valence-electron chi connectivity index (χ4n) is 1.90. The van der Waals surface area contributed by atoms with E-state index in [4.69, 9.17) is 0 Å². The first-order valence-electron chi connectivity index (χ1n) is 5.48. The van der Waals surface area contributed by atoms with E-state index in [0.717, 1.165) is 23.0 Å². The van der Waals surface area contributed by atoms with E-state index in [2.05, 4.69) is 26.0 Å². The Balaban J connectivity index is 0.00000162. The fourth-order valence-corrected chi connectivity index (χ4v) is 3.96. The van der Waals surface area contributed by atoms with Crippen LogP contribution >= 0.6 is 28.3 Å². The van der Waals surface area contributed by atoms with Crippen molar-refractivity contribution in [3.8, 4) is 0 Å². The van der Waals surface area contributed by atoms with Gasteiger partial charge in [0.25, 0.3) is 0 Å². The number of halogens is 2. The van der Waals surface area contributed by atoms with E-state index in [1.165, 1.54) is 0 Å². The summed E-state index contributed by atoms with van der Waals surface area (Å²) < 4.78 is 27.9. The summed E-state index contributed by atoms with van der Waals surface area (Å²) in [6, 6.07) is 5.27. The zero-order valence-corrected chi connectivity index (χ0v) is 13.2. The van der Waals surface area contributed by atoms with Crippen molar-refractivity contribution < 1.29 is 8.42 Å². The van der Waals surface area contributed by atoms with Crippen LogP contribution in [0.15, 0.2) is 27.6 Å². The zero-order chi connectivity index (χ0) is 12.5. The van der Waals surface area contributed by atoms with Crippen LogP contribution in [0.3, 0.4) is 0 Å². The minimum atomic E-state index is -3.42. The number of benzene rings is 1. The Hall–Kier alpha value is -0.140. The molecule has 0 amide bonds. The molecule has 1 aliphatic heterocycles. The average molecular weight is 356 g/mol. The predicted molar refractivity (Wildman–Crippen MR) is 77.7 cm³/mol. The van der Waals surface area contributed by atoms with Crippen LogP contribution in [0.4, 0.5) is 0 Å². The maximum Gasteiger partial charge on any atom is 0.241 e. The van der Waals surface area contributed by atoms with E-state index >= 15 is 0 Å². The van der Waals surface area contributed by atoms with Gasteiger partial charge in [0.2, 0.25) is 10.0 Å². The monoisotopic (exact) mass is 354 g/mol. The van der Waals surface area contributed by atoms with Crippen molar-refractivity contribution in [3.63, 3.8) is 0 Å². The molecule has 2 N–H and O–H groups in total. The SMILES string of the molecule is Cc1ccc(Br)cc1S(=O)(=O)NC1CCNC1.Cl. The number of sulfonamides is 1. The second-order valence-corrected chi connectivity index (χ2v) is 6.82. The van der Waals surface area contributed by atoms with E-state index in [1.807, 2.05) is 6.07 Å². The van der Waals surface area contributed by atoms with Gasteiger partial charge in [-0.15, -0.1) is 12.4 Å². The summed E-state index contributed by atoms with van der Waals surface area (Å²) in [6.45, 7) is 3.37. The van der Waals surface area contributed by atoms with E-state index in [0.29, 0.717) is 11.4 Å². The van der Waals surface area contributed by atoms with Gasteiger partial charge in [-0.25, -0.2) is 13.1 Å². The molecule has 0 bridgehead atoms. The van der Waals surface area contributed by atoms with Crippen LogP contribution in [-0.2, 0) is 10.0 Å². The molecular formula is C11H16BrClN2O2S. The topological polar surface area (TPSA) is 58.2 Å². The van der Waals surface area contributed by atoms with Gasteiger partial charge in [-0.1, -0.05) is 22.0 Å². The van der Waals surface area contributed by atoms with Crippen LogP contribution in [0.5, 0.6) is 0 Å².